The van der Waals surface area contributed by atoms with Crippen LogP contribution in [0.5, 0.6) is 0 Å². The highest BCUT2D eigenvalue weighted by Gasteiger charge is 2.04. The van der Waals surface area contributed by atoms with Crippen LogP contribution in [0, 0.1) is 6.92 Å². The van der Waals surface area contributed by atoms with Crippen molar-refractivity contribution in [2.45, 2.75) is 13.3 Å². The van der Waals surface area contributed by atoms with Crippen molar-refractivity contribution in [3.05, 3.63) is 72.4 Å². The van der Waals surface area contributed by atoms with E-state index in [9.17, 15) is 4.79 Å². The van der Waals surface area contributed by atoms with E-state index in [1.807, 2.05) is 60.2 Å². The molecule has 0 saturated heterocycles. The lowest BCUT2D eigenvalue weighted by atomic mass is 10.1. The maximum atomic E-state index is 11.9. The fourth-order valence-corrected chi connectivity index (χ4v) is 2.36. The third-order valence-electron chi connectivity index (χ3n) is 3.62. The van der Waals surface area contributed by atoms with Crippen LogP contribution in [0.15, 0.2) is 61.1 Å². The van der Waals surface area contributed by atoms with Crippen molar-refractivity contribution >= 4 is 11.7 Å². The van der Waals surface area contributed by atoms with Crippen molar-refractivity contribution in [3.63, 3.8) is 0 Å². The molecular formula is C18H19N5O. The maximum Gasteiger partial charge on any atom is 0.319 e. The largest absolute Gasteiger partial charge is 0.338 e. The first-order valence-corrected chi connectivity index (χ1v) is 7.77. The first-order chi connectivity index (χ1) is 11.7. The second-order valence-corrected chi connectivity index (χ2v) is 5.37. The summed E-state index contributed by atoms with van der Waals surface area (Å²) in [5.74, 6) is 1.63. The smallest absolute Gasteiger partial charge is 0.319 e. The van der Waals surface area contributed by atoms with Crippen molar-refractivity contribution in [2.75, 3.05) is 11.9 Å². The maximum absolute atomic E-state index is 11.9. The predicted molar refractivity (Wildman–Crippen MR) is 93.3 cm³/mol. The average Bonchev–Trinajstić information content (AvgIpc) is 3.03. The number of anilines is 1. The van der Waals surface area contributed by atoms with Crippen LogP contribution in [-0.2, 0) is 6.42 Å². The van der Waals surface area contributed by atoms with Gasteiger partial charge in [0.1, 0.15) is 11.6 Å². The molecule has 122 valence electrons. The molecule has 3 rings (SSSR count). The van der Waals surface area contributed by atoms with Gasteiger partial charge in [-0.3, -0.25) is 4.57 Å². The number of aromatic nitrogens is 3. The Morgan fingerprint density at radius 3 is 2.62 bits per heavy atom. The van der Waals surface area contributed by atoms with Crippen LogP contribution < -0.4 is 10.6 Å². The van der Waals surface area contributed by atoms with Gasteiger partial charge in [-0.25, -0.2) is 14.8 Å². The molecule has 0 unspecified atom stereocenters. The zero-order valence-corrected chi connectivity index (χ0v) is 13.4. The van der Waals surface area contributed by atoms with Crippen LogP contribution in [-0.4, -0.2) is 27.1 Å². The summed E-state index contributed by atoms with van der Waals surface area (Å²) in [5, 5.41) is 5.62. The Balaban J connectivity index is 1.50. The molecule has 3 aromatic rings. The highest BCUT2D eigenvalue weighted by Crippen LogP contribution is 2.11. The van der Waals surface area contributed by atoms with Gasteiger partial charge in [0.25, 0.3) is 0 Å². The molecule has 0 saturated carbocycles. The molecule has 0 aliphatic heterocycles. The van der Waals surface area contributed by atoms with Gasteiger partial charge < -0.3 is 10.6 Å². The number of rotatable bonds is 5. The van der Waals surface area contributed by atoms with Crippen molar-refractivity contribution in [1.29, 1.82) is 0 Å². The summed E-state index contributed by atoms with van der Waals surface area (Å²) in [6, 6.07) is 13.5. The van der Waals surface area contributed by atoms with Gasteiger partial charge in [0, 0.05) is 18.9 Å². The molecular weight excluding hydrogens is 302 g/mol. The van der Waals surface area contributed by atoms with Crippen LogP contribution in [0.3, 0.4) is 0 Å². The molecule has 2 amide bonds. The highest BCUT2D eigenvalue weighted by atomic mass is 16.2. The normalized spacial score (nSPS) is 10.4. The Morgan fingerprint density at radius 2 is 1.96 bits per heavy atom. The number of hydrogen-bond donors (Lipinski definition) is 2. The highest BCUT2D eigenvalue weighted by molar-refractivity contribution is 5.89. The van der Waals surface area contributed by atoms with E-state index in [0.29, 0.717) is 12.2 Å². The monoisotopic (exact) mass is 321 g/mol. The lowest BCUT2D eigenvalue weighted by Crippen LogP contribution is -2.30. The number of pyridine rings is 1. The van der Waals surface area contributed by atoms with Gasteiger partial charge in [-0.1, -0.05) is 30.3 Å². The molecule has 6 nitrogen and oxygen atoms in total. The van der Waals surface area contributed by atoms with Crippen molar-refractivity contribution in [2.24, 2.45) is 0 Å². The average molecular weight is 321 g/mol. The molecule has 0 aliphatic carbocycles. The second-order valence-electron chi connectivity index (χ2n) is 5.37. The van der Waals surface area contributed by atoms with E-state index in [-0.39, 0.29) is 6.03 Å². The summed E-state index contributed by atoms with van der Waals surface area (Å²) in [4.78, 5) is 20.4. The van der Waals surface area contributed by atoms with Gasteiger partial charge in [0.15, 0.2) is 0 Å². The third kappa shape index (κ3) is 3.98. The SMILES string of the molecule is Cc1nccn1-c1ccc(NC(=O)NCCc2ccccc2)cn1. The van der Waals surface area contributed by atoms with Gasteiger partial charge in [-0.15, -0.1) is 0 Å². The van der Waals surface area contributed by atoms with Crippen LogP contribution in [0.25, 0.3) is 5.82 Å². The second kappa shape index (κ2) is 7.41. The number of nitrogens with one attached hydrogen (secondary N) is 2. The van der Waals surface area contributed by atoms with Gasteiger partial charge in [0.2, 0.25) is 0 Å². The minimum atomic E-state index is -0.237. The van der Waals surface area contributed by atoms with Gasteiger partial charge >= 0.3 is 6.03 Å². The van der Waals surface area contributed by atoms with Crippen LogP contribution >= 0.6 is 0 Å². The molecule has 0 fully saturated rings. The lowest BCUT2D eigenvalue weighted by Gasteiger charge is -2.09. The number of aryl methyl sites for hydroxylation is 1. The zero-order valence-electron chi connectivity index (χ0n) is 13.4. The third-order valence-corrected chi connectivity index (χ3v) is 3.62. The Morgan fingerprint density at radius 1 is 1.12 bits per heavy atom. The number of carbonyl (C=O) groups is 1. The molecule has 2 N–H and O–H groups in total. The van der Waals surface area contributed by atoms with Crippen LogP contribution in [0.1, 0.15) is 11.4 Å². The number of nitrogens with zero attached hydrogens (tertiary/aromatic N) is 3. The number of benzene rings is 1. The molecule has 0 bridgehead atoms. The van der Waals surface area contributed by atoms with E-state index < -0.39 is 0 Å². The van der Waals surface area contributed by atoms with Crippen molar-refractivity contribution in [1.82, 2.24) is 19.9 Å². The Labute approximate surface area is 140 Å². The molecule has 0 spiro atoms. The number of carbonyl (C=O) groups excluding carboxylic acids is 1. The van der Waals surface area contributed by atoms with E-state index in [1.165, 1.54) is 5.56 Å². The number of amides is 2. The van der Waals surface area contributed by atoms with Crippen molar-refractivity contribution in [3.8, 4) is 5.82 Å². The summed E-state index contributed by atoms with van der Waals surface area (Å²) in [7, 11) is 0. The summed E-state index contributed by atoms with van der Waals surface area (Å²) >= 11 is 0. The quantitative estimate of drug-likeness (QED) is 0.759. The Hall–Kier alpha value is -3.15. The number of urea groups is 1. The van der Waals surface area contributed by atoms with Crippen molar-refractivity contribution < 1.29 is 4.79 Å². The van der Waals surface area contributed by atoms with E-state index in [2.05, 4.69) is 20.6 Å². The summed E-state index contributed by atoms with van der Waals surface area (Å²) in [6.45, 7) is 2.49. The fourth-order valence-electron chi connectivity index (χ4n) is 2.36. The lowest BCUT2D eigenvalue weighted by molar-refractivity contribution is 0.252. The minimum Gasteiger partial charge on any atom is -0.338 e. The van der Waals surface area contributed by atoms with E-state index in [1.54, 1.807) is 12.4 Å². The van der Waals surface area contributed by atoms with Gasteiger partial charge in [0.05, 0.1) is 11.9 Å². The molecule has 24 heavy (non-hydrogen) atoms. The molecule has 6 heteroatoms. The van der Waals surface area contributed by atoms with E-state index in [0.717, 1.165) is 18.1 Å². The Kier molecular flexibility index (Phi) is 4.86. The molecule has 2 aromatic heterocycles. The van der Waals surface area contributed by atoms with Crippen LogP contribution in [0.4, 0.5) is 10.5 Å². The van der Waals surface area contributed by atoms with E-state index in [4.69, 9.17) is 0 Å². The van der Waals surface area contributed by atoms with Gasteiger partial charge in [-0.2, -0.15) is 0 Å². The minimum absolute atomic E-state index is 0.237. The first kappa shape index (κ1) is 15.7. The summed E-state index contributed by atoms with van der Waals surface area (Å²) in [5.41, 5.74) is 1.84. The standard InChI is InChI=1S/C18H19N5O/c1-14-19-11-12-23(14)17-8-7-16(13-21-17)22-18(24)20-10-9-15-5-3-2-4-6-15/h2-8,11-13H,9-10H2,1H3,(H2,20,22,24). The first-order valence-electron chi connectivity index (χ1n) is 7.77. The van der Waals surface area contributed by atoms with Gasteiger partial charge in [-0.05, 0) is 31.0 Å². The summed E-state index contributed by atoms with van der Waals surface area (Å²) < 4.78 is 1.88. The fraction of sp³-hybridized carbons (Fsp3) is 0.167. The zero-order chi connectivity index (χ0) is 16.8. The van der Waals surface area contributed by atoms with Crippen LogP contribution in [0.2, 0.25) is 0 Å². The summed E-state index contributed by atoms with van der Waals surface area (Å²) in [6.07, 6.45) is 6.00. The molecule has 0 atom stereocenters. The van der Waals surface area contributed by atoms with E-state index >= 15 is 0 Å². The Bertz CT molecular complexity index is 796. The topological polar surface area (TPSA) is 71.8 Å². The predicted octanol–water partition coefficient (Wildman–Crippen LogP) is 2.94. The number of imidazole rings is 1. The molecule has 1 aromatic carbocycles. The number of hydrogen-bond acceptors (Lipinski definition) is 3. The molecule has 2 heterocycles. The molecule has 0 aliphatic rings. The molecule has 0 radical (unpaired) electrons.